The summed E-state index contributed by atoms with van der Waals surface area (Å²) in [5.41, 5.74) is 3.40. The standard InChI is InChI=1S/C16H21N3O2S/c1-12-3-4-15-14(11-12)16(5-8-17-15)19-9-6-13(7-10-19)18-22(2,20)21/h3-5,8,11,13,18H,6-7,9-10H2,1-2H3. The van der Waals surface area contributed by atoms with E-state index in [2.05, 4.69) is 33.7 Å². The Morgan fingerprint density at radius 3 is 2.64 bits per heavy atom. The van der Waals surface area contributed by atoms with E-state index in [0.717, 1.165) is 36.8 Å². The van der Waals surface area contributed by atoms with Crippen LogP contribution in [0, 0.1) is 6.92 Å². The van der Waals surface area contributed by atoms with E-state index in [1.807, 2.05) is 18.3 Å². The van der Waals surface area contributed by atoms with E-state index in [0.29, 0.717) is 0 Å². The fourth-order valence-corrected chi connectivity index (χ4v) is 3.90. The molecule has 0 unspecified atom stereocenters. The Morgan fingerprint density at radius 2 is 1.95 bits per heavy atom. The minimum atomic E-state index is -3.12. The molecule has 1 N–H and O–H groups in total. The number of hydrogen-bond donors (Lipinski definition) is 1. The molecule has 2 aromatic rings. The molecule has 22 heavy (non-hydrogen) atoms. The monoisotopic (exact) mass is 319 g/mol. The van der Waals surface area contributed by atoms with Gasteiger partial charge in [-0.05, 0) is 38.0 Å². The second-order valence-electron chi connectivity index (χ2n) is 6.00. The summed E-state index contributed by atoms with van der Waals surface area (Å²) in [6.45, 7) is 3.78. The summed E-state index contributed by atoms with van der Waals surface area (Å²) in [5, 5.41) is 1.16. The number of hydrogen-bond acceptors (Lipinski definition) is 4. The van der Waals surface area contributed by atoms with E-state index < -0.39 is 10.0 Å². The van der Waals surface area contributed by atoms with Crippen LogP contribution in [-0.2, 0) is 10.0 Å². The maximum absolute atomic E-state index is 11.3. The summed E-state index contributed by atoms with van der Waals surface area (Å²) in [6, 6.07) is 8.37. The lowest BCUT2D eigenvalue weighted by Gasteiger charge is -2.34. The molecule has 0 atom stereocenters. The lowest BCUT2D eigenvalue weighted by Crippen LogP contribution is -2.44. The number of aryl methyl sites for hydroxylation is 1. The van der Waals surface area contributed by atoms with Crippen molar-refractivity contribution in [1.29, 1.82) is 0 Å². The van der Waals surface area contributed by atoms with Crippen molar-refractivity contribution >= 4 is 26.6 Å². The molecular formula is C16H21N3O2S. The molecule has 5 nitrogen and oxygen atoms in total. The smallest absolute Gasteiger partial charge is 0.208 e. The predicted octanol–water partition coefficient (Wildman–Crippen LogP) is 2.06. The highest BCUT2D eigenvalue weighted by Gasteiger charge is 2.22. The number of nitrogens with zero attached hydrogens (tertiary/aromatic N) is 2. The lowest BCUT2D eigenvalue weighted by atomic mass is 10.0. The first-order valence-corrected chi connectivity index (χ1v) is 9.39. The number of fused-ring (bicyclic) bond motifs is 1. The Balaban J connectivity index is 1.81. The van der Waals surface area contributed by atoms with Crippen LogP contribution < -0.4 is 9.62 Å². The molecule has 1 aliphatic heterocycles. The van der Waals surface area contributed by atoms with Crippen molar-refractivity contribution in [1.82, 2.24) is 9.71 Å². The van der Waals surface area contributed by atoms with Crippen molar-refractivity contribution in [3.05, 3.63) is 36.0 Å². The predicted molar refractivity (Wildman–Crippen MR) is 89.7 cm³/mol. The minimum absolute atomic E-state index is 0.0427. The third kappa shape index (κ3) is 3.39. The van der Waals surface area contributed by atoms with Crippen molar-refractivity contribution in [2.24, 2.45) is 0 Å². The summed E-state index contributed by atoms with van der Waals surface area (Å²) in [5.74, 6) is 0. The van der Waals surface area contributed by atoms with Gasteiger partial charge in [-0.25, -0.2) is 13.1 Å². The SMILES string of the molecule is Cc1ccc2nccc(N3CCC(NS(C)(=O)=O)CC3)c2c1. The fraction of sp³-hybridized carbons (Fsp3) is 0.438. The van der Waals surface area contributed by atoms with E-state index in [-0.39, 0.29) is 6.04 Å². The van der Waals surface area contributed by atoms with E-state index in [9.17, 15) is 8.42 Å². The van der Waals surface area contributed by atoms with Gasteiger partial charge in [-0.1, -0.05) is 11.6 Å². The second-order valence-corrected chi connectivity index (χ2v) is 7.78. The highest BCUT2D eigenvalue weighted by atomic mass is 32.2. The van der Waals surface area contributed by atoms with Gasteiger partial charge in [-0.3, -0.25) is 4.98 Å². The number of pyridine rings is 1. The van der Waals surface area contributed by atoms with Crippen molar-refractivity contribution < 1.29 is 8.42 Å². The van der Waals surface area contributed by atoms with Gasteiger partial charge in [-0.2, -0.15) is 0 Å². The molecule has 1 aliphatic rings. The van der Waals surface area contributed by atoms with Gasteiger partial charge in [0.15, 0.2) is 0 Å². The average molecular weight is 319 g/mol. The molecule has 0 aliphatic carbocycles. The molecule has 0 radical (unpaired) electrons. The zero-order valence-corrected chi connectivity index (χ0v) is 13.7. The number of piperidine rings is 1. The molecule has 0 bridgehead atoms. The molecule has 6 heteroatoms. The molecule has 0 spiro atoms. The summed E-state index contributed by atoms with van der Waals surface area (Å²) in [4.78, 5) is 6.75. The van der Waals surface area contributed by atoms with Crippen LogP contribution in [0.25, 0.3) is 10.9 Å². The zero-order chi connectivity index (χ0) is 15.7. The van der Waals surface area contributed by atoms with Crippen LogP contribution in [0.1, 0.15) is 18.4 Å². The molecule has 1 saturated heterocycles. The first-order valence-electron chi connectivity index (χ1n) is 7.50. The molecule has 1 aromatic carbocycles. The molecule has 2 heterocycles. The molecular weight excluding hydrogens is 298 g/mol. The second kappa shape index (κ2) is 5.85. The number of benzene rings is 1. The van der Waals surface area contributed by atoms with Crippen LogP contribution >= 0.6 is 0 Å². The number of nitrogens with one attached hydrogen (secondary N) is 1. The maximum atomic E-state index is 11.3. The molecule has 1 fully saturated rings. The first kappa shape index (κ1) is 15.2. The minimum Gasteiger partial charge on any atom is -0.371 e. The van der Waals surface area contributed by atoms with Gasteiger partial charge in [0.05, 0.1) is 11.8 Å². The van der Waals surface area contributed by atoms with E-state index in [1.165, 1.54) is 17.5 Å². The van der Waals surface area contributed by atoms with Crippen molar-refractivity contribution in [2.75, 3.05) is 24.2 Å². The maximum Gasteiger partial charge on any atom is 0.208 e. The lowest BCUT2D eigenvalue weighted by molar-refractivity contribution is 0.462. The Hall–Kier alpha value is -1.66. The fourth-order valence-electron chi connectivity index (χ4n) is 3.06. The van der Waals surface area contributed by atoms with Gasteiger partial charge >= 0.3 is 0 Å². The summed E-state index contributed by atoms with van der Waals surface area (Å²) in [6.07, 6.45) is 4.71. The summed E-state index contributed by atoms with van der Waals surface area (Å²) < 4.78 is 25.4. The van der Waals surface area contributed by atoms with E-state index in [1.54, 1.807) is 0 Å². The summed E-state index contributed by atoms with van der Waals surface area (Å²) in [7, 11) is -3.12. The highest BCUT2D eigenvalue weighted by Crippen LogP contribution is 2.28. The third-order valence-electron chi connectivity index (χ3n) is 4.09. The van der Waals surface area contributed by atoms with Crippen molar-refractivity contribution in [2.45, 2.75) is 25.8 Å². The van der Waals surface area contributed by atoms with Crippen LogP contribution in [0.5, 0.6) is 0 Å². The molecule has 0 saturated carbocycles. The highest BCUT2D eigenvalue weighted by molar-refractivity contribution is 7.88. The number of sulfonamides is 1. The van der Waals surface area contributed by atoms with Gasteiger partial charge in [0.2, 0.25) is 10.0 Å². The van der Waals surface area contributed by atoms with Crippen molar-refractivity contribution in [3.63, 3.8) is 0 Å². The molecule has 118 valence electrons. The Kier molecular flexibility index (Phi) is 4.06. The van der Waals surface area contributed by atoms with Crippen LogP contribution in [0.3, 0.4) is 0 Å². The van der Waals surface area contributed by atoms with Gasteiger partial charge in [0.25, 0.3) is 0 Å². The Labute approximate surface area is 131 Å². The van der Waals surface area contributed by atoms with Crippen LogP contribution in [0.2, 0.25) is 0 Å². The van der Waals surface area contributed by atoms with Gasteiger partial charge in [0.1, 0.15) is 0 Å². The molecule has 1 aromatic heterocycles. The Bertz CT molecular complexity index is 781. The number of anilines is 1. The molecule has 0 amide bonds. The van der Waals surface area contributed by atoms with Gasteiger partial charge in [0, 0.05) is 36.4 Å². The van der Waals surface area contributed by atoms with Gasteiger partial charge in [-0.15, -0.1) is 0 Å². The van der Waals surface area contributed by atoms with Crippen LogP contribution in [0.4, 0.5) is 5.69 Å². The topological polar surface area (TPSA) is 62.3 Å². The van der Waals surface area contributed by atoms with Crippen LogP contribution in [0.15, 0.2) is 30.5 Å². The first-order chi connectivity index (χ1) is 10.4. The average Bonchev–Trinajstić information content (AvgIpc) is 2.46. The van der Waals surface area contributed by atoms with E-state index in [4.69, 9.17) is 0 Å². The number of rotatable bonds is 3. The van der Waals surface area contributed by atoms with Crippen molar-refractivity contribution in [3.8, 4) is 0 Å². The van der Waals surface area contributed by atoms with Crippen LogP contribution in [-0.4, -0.2) is 38.8 Å². The quantitative estimate of drug-likeness (QED) is 0.940. The normalized spacial score (nSPS) is 17.1. The Morgan fingerprint density at radius 1 is 1.23 bits per heavy atom. The zero-order valence-electron chi connectivity index (χ0n) is 12.9. The van der Waals surface area contributed by atoms with E-state index >= 15 is 0 Å². The number of aromatic nitrogens is 1. The van der Waals surface area contributed by atoms with Gasteiger partial charge < -0.3 is 4.90 Å². The molecule has 3 rings (SSSR count). The summed E-state index contributed by atoms with van der Waals surface area (Å²) >= 11 is 0. The largest absolute Gasteiger partial charge is 0.371 e. The third-order valence-corrected chi connectivity index (χ3v) is 4.85.